The Morgan fingerprint density at radius 3 is 1.46 bits per heavy atom. The second kappa shape index (κ2) is 6.07. The Morgan fingerprint density at radius 2 is 1.12 bits per heavy atom. The van der Waals surface area contributed by atoms with Gasteiger partial charge in [0.05, 0.1) is 11.1 Å². The molecule has 6 heteroatoms. The predicted molar refractivity (Wildman–Crippen MR) is 104 cm³/mol. The van der Waals surface area contributed by atoms with Crippen molar-refractivity contribution in [3.63, 3.8) is 0 Å². The highest BCUT2D eigenvalue weighted by Crippen LogP contribution is 2.46. The molecule has 0 aromatic heterocycles. The third kappa shape index (κ3) is 2.19. The van der Waals surface area contributed by atoms with E-state index in [0.29, 0.717) is 10.8 Å². The quantitative estimate of drug-likeness (QED) is 0.394. The number of aromatic hydroxyl groups is 2. The standard InChI is InChI=1S/C20H14O4S2/c1-25-13-7-11-12(8-14(13)26-2)20(24)16-15(19(11)23)17(21)9-5-3-4-6-10(9)18(16)22/h3-8,23-24H,1-2H3. The summed E-state index contributed by atoms with van der Waals surface area (Å²) < 4.78 is 0. The fraction of sp³-hybridized carbons (Fsp3) is 0.100. The molecule has 0 heterocycles. The zero-order valence-electron chi connectivity index (χ0n) is 14.0. The molecule has 0 atom stereocenters. The maximum absolute atomic E-state index is 12.9. The molecule has 0 unspecified atom stereocenters. The number of phenolic OH excluding ortho intramolecular Hbond substituents is 2. The summed E-state index contributed by atoms with van der Waals surface area (Å²) in [5.41, 5.74) is 0.236. The first-order valence-corrected chi connectivity index (χ1v) is 10.3. The van der Waals surface area contributed by atoms with E-state index in [1.807, 2.05) is 12.5 Å². The Labute approximate surface area is 158 Å². The lowest BCUT2D eigenvalue weighted by Gasteiger charge is -2.21. The van der Waals surface area contributed by atoms with Gasteiger partial charge in [-0.2, -0.15) is 0 Å². The minimum atomic E-state index is -0.454. The first-order valence-electron chi connectivity index (χ1n) is 7.81. The van der Waals surface area contributed by atoms with Gasteiger partial charge in [0, 0.05) is 31.7 Å². The molecule has 0 fully saturated rings. The number of phenols is 2. The molecular formula is C20H14O4S2. The van der Waals surface area contributed by atoms with Crippen molar-refractivity contribution in [2.24, 2.45) is 0 Å². The fourth-order valence-electron chi connectivity index (χ4n) is 3.37. The second-order valence-corrected chi connectivity index (χ2v) is 7.60. The molecule has 0 bridgehead atoms. The maximum Gasteiger partial charge on any atom is 0.198 e. The van der Waals surface area contributed by atoms with Crippen LogP contribution in [0.25, 0.3) is 10.8 Å². The molecule has 3 aromatic carbocycles. The molecule has 3 aromatic rings. The largest absolute Gasteiger partial charge is 0.506 e. The Hall–Kier alpha value is -2.44. The molecule has 4 rings (SSSR count). The monoisotopic (exact) mass is 382 g/mol. The van der Waals surface area contributed by atoms with Gasteiger partial charge < -0.3 is 10.2 Å². The first kappa shape index (κ1) is 17.0. The van der Waals surface area contributed by atoms with Crippen LogP contribution in [-0.2, 0) is 0 Å². The normalized spacial score (nSPS) is 13.0. The lowest BCUT2D eigenvalue weighted by Crippen LogP contribution is -2.21. The number of rotatable bonds is 2. The van der Waals surface area contributed by atoms with Gasteiger partial charge in [-0.15, -0.1) is 23.5 Å². The number of benzene rings is 3. The van der Waals surface area contributed by atoms with Gasteiger partial charge in [-0.05, 0) is 24.6 Å². The van der Waals surface area contributed by atoms with Crippen molar-refractivity contribution >= 4 is 45.9 Å². The smallest absolute Gasteiger partial charge is 0.198 e. The van der Waals surface area contributed by atoms with E-state index >= 15 is 0 Å². The maximum atomic E-state index is 12.9. The Morgan fingerprint density at radius 1 is 0.731 bits per heavy atom. The van der Waals surface area contributed by atoms with E-state index in [4.69, 9.17) is 0 Å². The Balaban J connectivity index is 2.14. The van der Waals surface area contributed by atoms with Crippen molar-refractivity contribution in [1.29, 1.82) is 0 Å². The van der Waals surface area contributed by atoms with Crippen molar-refractivity contribution < 1.29 is 19.8 Å². The molecule has 0 aliphatic heterocycles. The summed E-state index contributed by atoms with van der Waals surface area (Å²) in [5, 5.41) is 22.4. The number of carbonyl (C=O) groups excluding carboxylic acids is 2. The predicted octanol–water partition coefficient (Wildman–Crippen LogP) is 4.47. The summed E-state index contributed by atoms with van der Waals surface area (Å²) in [6, 6.07) is 9.96. The van der Waals surface area contributed by atoms with Crippen LogP contribution < -0.4 is 0 Å². The van der Waals surface area contributed by atoms with Crippen LogP contribution in [-0.4, -0.2) is 34.3 Å². The molecule has 0 saturated heterocycles. The number of thioether (sulfide) groups is 2. The zero-order chi connectivity index (χ0) is 18.6. The molecule has 0 radical (unpaired) electrons. The average Bonchev–Trinajstić information content (AvgIpc) is 2.67. The van der Waals surface area contributed by atoms with Gasteiger partial charge in [0.15, 0.2) is 11.6 Å². The third-order valence-electron chi connectivity index (χ3n) is 4.63. The van der Waals surface area contributed by atoms with E-state index in [1.54, 1.807) is 36.4 Å². The van der Waals surface area contributed by atoms with Crippen molar-refractivity contribution in [1.82, 2.24) is 0 Å². The second-order valence-electron chi connectivity index (χ2n) is 5.90. The lowest BCUT2D eigenvalue weighted by atomic mass is 9.81. The number of ketones is 2. The first-order chi connectivity index (χ1) is 12.5. The summed E-state index contributed by atoms with van der Waals surface area (Å²) in [4.78, 5) is 27.7. The van der Waals surface area contributed by atoms with Gasteiger partial charge >= 0.3 is 0 Å². The summed E-state index contributed by atoms with van der Waals surface area (Å²) in [5.74, 6) is -1.43. The number of hydrogen-bond acceptors (Lipinski definition) is 6. The average molecular weight is 382 g/mol. The van der Waals surface area contributed by atoms with Gasteiger partial charge in [0.1, 0.15) is 11.5 Å². The van der Waals surface area contributed by atoms with E-state index in [1.165, 1.54) is 23.5 Å². The highest BCUT2D eigenvalue weighted by molar-refractivity contribution is 8.01. The van der Waals surface area contributed by atoms with Gasteiger partial charge in [-0.1, -0.05) is 24.3 Å². The highest BCUT2D eigenvalue weighted by atomic mass is 32.2. The van der Waals surface area contributed by atoms with Gasteiger partial charge in [-0.3, -0.25) is 9.59 Å². The molecule has 0 spiro atoms. The van der Waals surface area contributed by atoms with Gasteiger partial charge in [0.25, 0.3) is 0 Å². The highest BCUT2D eigenvalue weighted by Gasteiger charge is 2.36. The molecule has 2 N–H and O–H groups in total. The van der Waals surface area contributed by atoms with Crippen LogP contribution in [0.3, 0.4) is 0 Å². The SMILES string of the molecule is CSc1cc2c(O)c3c(c(O)c2cc1SC)C(=O)c1ccccc1C3=O. The van der Waals surface area contributed by atoms with E-state index in [0.717, 1.165) is 9.79 Å². The molecule has 26 heavy (non-hydrogen) atoms. The molecule has 130 valence electrons. The number of hydrogen-bond donors (Lipinski definition) is 2. The zero-order valence-corrected chi connectivity index (χ0v) is 15.6. The topological polar surface area (TPSA) is 74.6 Å². The lowest BCUT2D eigenvalue weighted by molar-refractivity contribution is 0.0974. The van der Waals surface area contributed by atoms with Crippen molar-refractivity contribution in [3.8, 4) is 11.5 Å². The summed E-state index contributed by atoms with van der Waals surface area (Å²) >= 11 is 3.02. The third-order valence-corrected chi connectivity index (χ3v) is 6.31. The molecule has 0 amide bonds. The summed E-state index contributed by atoms with van der Waals surface area (Å²) in [6.07, 6.45) is 3.84. The van der Waals surface area contributed by atoms with Crippen LogP contribution in [0.15, 0.2) is 46.2 Å². The van der Waals surface area contributed by atoms with E-state index in [2.05, 4.69) is 0 Å². The molecule has 0 saturated carbocycles. The minimum absolute atomic E-state index is 0.123. The van der Waals surface area contributed by atoms with Crippen LogP contribution in [0.2, 0.25) is 0 Å². The van der Waals surface area contributed by atoms with Gasteiger partial charge in [0.2, 0.25) is 0 Å². The molecular weight excluding hydrogens is 368 g/mol. The van der Waals surface area contributed by atoms with E-state index in [-0.39, 0.29) is 33.8 Å². The molecule has 4 nitrogen and oxygen atoms in total. The number of fused-ring (bicyclic) bond motifs is 3. The van der Waals surface area contributed by atoms with Crippen molar-refractivity contribution in [2.45, 2.75) is 9.79 Å². The van der Waals surface area contributed by atoms with E-state index < -0.39 is 11.6 Å². The Bertz CT molecular complexity index is 1030. The van der Waals surface area contributed by atoms with Crippen LogP contribution in [0.4, 0.5) is 0 Å². The van der Waals surface area contributed by atoms with Crippen molar-refractivity contribution in [3.05, 3.63) is 58.7 Å². The van der Waals surface area contributed by atoms with Crippen LogP contribution in [0.1, 0.15) is 31.8 Å². The Kier molecular flexibility index (Phi) is 3.97. The molecule has 1 aliphatic rings. The minimum Gasteiger partial charge on any atom is -0.506 e. The van der Waals surface area contributed by atoms with Crippen LogP contribution in [0.5, 0.6) is 11.5 Å². The summed E-state index contributed by atoms with van der Waals surface area (Å²) in [6.45, 7) is 0. The fourth-order valence-corrected chi connectivity index (χ4v) is 4.86. The molecule has 1 aliphatic carbocycles. The summed E-state index contributed by atoms with van der Waals surface area (Å²) in [7, 11) is 0. The van der Waals surface area contributed by atoms with Gasteiger partial charge in [-0.25, -0.2) is 0 Å². The number of carbonyl (C=O) groups is 2. The van der Waals surface area contributed by atoms with E-state index in [9.17, 15) is 19.8 Å². The van der Waals surface area contributed by atoms with Crippen molar-refractivity contribution in [2.75, 3.05) is 12.5 Å². The van der Waals surface area contributed by atoms with Crippen LogP contribution >= 0.6 is 23.5 Å². The van der Waals surface area contributed by atoms with Crippen LogP contribution in [0, 0.1) is 0 Å².